The fraction of sp³-hybridized carbons (Fsp3) is 0.222. The Morgan fingerprint density at radius 1 is 1.14 bits per heavy atom. The van der Waals surface area contributed by atoms with Gasteiger partial charge in [0.2, 0.25) is 0 Å². The number of fused-ring (bicyclic) bond motifs is 1. The molecule has 110 valence electrons. The predicted molar refractivity (Wildman–Crippen MR) is 89.3 cm³/mol. The van der Waals surface area contributed by atoms with Crippen LogP contribution in [-0.2, 0) is 0 Å². The molecule has 4 heteroatoms. The summed E-state index contributed by atoms with van der Waals surface area (Å²) in [5, 5.41) is 1.38. The molecule has 2 aromatic heterocycles. The van der Waals surface area contributed by atoms with Crippen molar-refractivity contribution in [1.82, 2.24) is 9.55 Å². The molecule has 0 unspecified atom stereocenters. The van der Waals surface area contributed by atoms with Crippen LogP contribution < -0.4 is 5.56 Å². The first-order chi connectivity index (χ1) is 10.7. The van der Waals surface area contributed by atoms with Gasteiger partial charge in [-0.1, -0.05) is 41.9 Å². The van der Waals surface area contributed by atoms with Crippen LogP contribution in [0.3, 0.4) is 0 Å². The standard InChI is InChI=1S/C18H15ClN2O/c19-17-10-16-13(11-20-17)9-15(12-5-2-1-3-6-12)18(22)21(16)14-7-4-8-14/h1-3,5-6,9-11,14H,4,7-8H2. The van der Waals surface area contributed by atoms with Gasteiger partial charge in [0.15, 0.2) is 0 Å². The van der Waals surface area contributed by atoms with Crippen molar-refractivity contribution in [3.63, 3.8) is 0 Å². The second kappa shape index (κ2) is 5.25. The molecule has 1 saturated carbocycles. The van der Waals surface area contributed by atoms with E-state index >= 15 is 0 Å². The van der Waals surface area contributed by atoms with Gasteiger partial charge >= 0.3 is 0 Å². The highest BCUT2D eigenvalue weighted by atomic mass is 35.5. The molecule has 3 aromatic rings. The van der Waals surface area contributed by atoms with Gasteiger partial charge in [-0.25, -0.2) is 4.98 Å². The highest BCUT2D eigenvalue weighted by Crippen LogP contribution is 2.34. The molecule has 1 aliphatic carbocycles. The van der Waals surface area contributed by atoms with Crippen LogP contribution in [0.4, 0.5) is 0 Å². The molecule has 0 N–H and O–H groups in total. The molecular weight excluding hydrogens is 296 g/mol. The smallest absolute Gasteiger partial charge is 0.259 e. The molecule has 1 aliphatic rings. The molecule has 0 radical (unpaired) electrons. The van der Waals surface area contributed by atoms with Crippen LogP contribution in [0, 0.1) is 0 Å². The first kappa shape index (κ1) is 13.5. The summed E-state index contributed by atoms with van der Waals surface area (Å²) < 4.78 is 1.91. The zero-order chi connectivity index (χ0) is 15.1. The third kappa shape index (κ3) is 2.13. The maximum atomic E-state index is 13.0. The highest BCUT2D eigenvalue weighted by molar-refractivity contribution is 6.30. The van der Waals surface area contributed by atoms with Crippen molar-refractivity contribution < 1.29 is 0 Å². The van der Waals surface area contributed by atoms with Gasteiger partial charge < -0.3 is 4.57 Å². The van der Waals surface area contributed by atoms with E-state index in [0.717, 1.165) is 34.9 Å². The molecule has 2 heterocycles. The lowest BCUT2D eigenvalue weighted by Gasteiger charge is -2.29. The fourth-order valence-electron chi connectivity index (χ4n) is 3.04. The first-order valence-electron chi connectivity index (χ1n) is 7.50. The van der Waals surface area contributed by atoms with Crippen LogP contribution in [0.15, 0.2) is 53.5 Å². The van der Waals surface area contributed by atoms with Gasteiger partial charge in [0.05, 0.1) is 5.52 Å². The zero-order valence-electron chi connectivity index (χ0n) is 12.0. The minimum absolute atomic E-state index is 0.0608. The number of rotatable bonds is 2. The van der Waals surface area contributed by atoms with E-state index in [1.165, 1.54) is 6.42 Å². The minimum Gasteiger partial charge on any atom is -0.305 e. The van der Waals surface area contributed by atoms with E-state index in [9.17, 15) is 4.79 Å². The zero-order valence-corrected chi connectivity index (χ0v) is 12.8. The Balaban J connectivity index is 2.05. The molecule has 0 atom stereocenters. The number of halogens is 1. The van der Waals surface area contributed by atoms with Crippen LogP contribution in [0.25, 0.3) is 22.0 Å². The summed E-state index contributed by atoms with van der Waals surface area (Å²) in [5.41, 5.74) is 2.61. The molecule has 3 nitrogen and oxygen atoms in total. The maximum Gasteiger partial charge on any atom is 0.259 e. The van der Waals surface area contributed by atoms with Gasteiger partial charge in [0.25, 0.3) is 5.56 Å². The third-order valence-corrected chi connectivity index (χ3v) is 4.62. The summed E-state index contributed by atoms with van der Waals surface area (Å²) in [7, 11) is 0. The molecule has 0 aliphatic heterocycles. The van der Waals surface area contributed by atoms with Crippen LogP contribution in [0.2, 0.25) is 5.15 Å². The summed E-state index contributed by atoms with van der Waals surface area (Å²) >= 11 is 6.04. The van der Waals surface area contributed by atoms with Crippen LogP contribution >= 0.6 is 11.6 Å². The number of benzene rings is 1. The normalized spacial score (nSPS) is 15.0. The molecular formula is C18H15ClN2O. The molecule has 4 rings (SSSR count). The van der Waals surface area contributed by atoms with Gasteiger partial charge in [0, 0.05) is 23.2 Å². The van der Waals surface area contributed by atoms with Gasteiger partial charge in [-0.3, -0.25) is 4.79 Å². The number of aromatic nitrogens is 2. The number of hydrogen-bond acceptors (Lipinski definition) is 2. The van der Waals surface area contributed by atoms with Crippen molar-refractivity contribution in [2.75, 3.05) is 0 Å². The number of pyridine rings is 2. The van der Waals surface area contributed by atoms with E-state index in [0.29, 0.717) is 5.15 Å². The van der Waals surface area contributed by atoms with E-state index in [1.807, 2.05) is 41.0 Å². The lowest BCUT2D eigenvalue weighted by molar-refractivity contribution is 0.315. The van der Waals surface area contributed by atoms with Crippen molar-refractivity contribution in [1.29, 1.82) is 0 Å². The monoisotopic (exact) mass is 310 g/mol. The molecule has 1 aromatic carbocycles. The SMILES string of the molecule is O=c1c(-c2ccccc2)cc2cnc(Cl)cc2n1C1CCC1. The van der Waals surface area contributed by atoms with E-state index < -0.39 is 0 Å². The summed E-state index contributed by atoms with van der Waals surface area (Å²) in [6, 6.07) is 13.8. The van der Waals surface area contributed by atoms with Crippen molar-refractivity contribution >= 4 is 22.5 Å². The highest BCUT2D eigenvalue weighted by Gasteiger charge is 2.24. The minimum atomic E-state index is 0.0608. The molecule has 22 heavy (non-hydrogen) atoms. The van der Waals surface area contributed by atoms with Crippen LogP contribution in [0.1, 0.15) is 25.3 Å². The van der Waals surface area contributed by atoms with Crippen molar-refractivity contribution in [3.05, 3.63) is 64.2 Å². The molecule has 0 saturated heterocycles. The Hall–Kier alpha value is -2.13. The Kier molecular flexibility index (Phi) is 3.23. The molecule has 0 spiro atoms. The second-order valence-corrected chi connectivity index (χ2v) is 6.14. The van der Waals surface area contributed by atoms with E-state index in [-0.39, 0.29) is 11.6 Å². The van der Waals surface area contributed by atoms with Crippen LogP contribution in [0.5, 0.6) is 0 Å². The van der Waals surface area contributed by atoms with Crippen molar-refractivity contribution in [2.45, 2.75) is 25.3 Å². The van der Waals surface area contributed by atoms with E-state index in [2.05, 4.69) is 4.98 Å². The largest absolute Gasteiger partial charge is 0.305 e. The van der Waals surface area contributed by atoms with Crippen LogP contribution in [-0.4, -0.2) is 9.55 Å². The Morgan fingerprint density at radius 3 is 2.59 bits per heavy atom. The first-order valence-corrected chi connectivity index (χ1v) is 7.88. The second-order valence-electron chi connectivity index (χ2n) is 5.75. The number of hydrogen-bond donors (Lipinski definition) is 0. The summed E-state index contributed by atoms with van der Waals surface area (Å²) in [5.74, 6) is 0. The average molecular weight is 311 g/mol. The quantitative estimate of drug-likeness (QED) is 0.656. The molecule has 0 bridgehead atoms. The summed E-state index contributed by atoms with van der Waals surface area (Å²) in [4.78, 5) is 17.2. The van der Waals surface area contributed by atoms with Gasteiger partial charge in [0.1, 0.15) is 5.15 Å². The summed E-state index contributed by atoms with van der Waals surface area (Å²) in [6.45, 7) is 0. The molecule has 0 amide bonds. The Morgan fingerprint density at radius 2 is 1.91 bits per heavy atom. The summed E-state index contributed by atoms with van der Waals surface area (Å²) in [6.07, 6.45) is 5.02. The van der Waals surface area contributed by atoms with E-state index in [4.69, 9.17) is 11.6 Å². The fourth-order valence-corrected chi connectivity index (χ4v) is 3.19. The lowest BCUT2D eigenvalue weighted by Crippen LogP contribution is -2.30. The average Bonchev–Trinajstić information content (AvgIpc) is 2.49. The molecule has 1 fully saturated rings. The van der Waals surface area contributed by atoms with E-state index in [1.54, 1.807) is 12.3 Å². The van der Waals surface area contributed by atoms with Gasteiger partial charge in [-0.2, -0.15) is 0 Å². The number of nitrogens with zero attached hydrogens (tertiary/aromatic N) is 2. The van der Waals surface area contributed by atoms with Crippen molar-refractivity contribution in [3.8, 4) is 11.1 Å². The third-order valence-electron chi connectivity index (χ3n) is 4.41. The topological polar surface area (TPSA) is 34.9 Å². The Labute approximate surface area is 133 Å². The van der Waals surface area contributed by atoms with Crippen molar-refractivity contribution in [2.24, 2.45) is 0 Å². The van der Waals surface area contributed by atoms with Gasteiger partial charge in [-0.15, -0.1) is 0 Å². The van der Waals surface area contributed by atoms with Gasteiger partial charge in [-0.05, 0) is 37.0 Å². The lowest BCUT2D eigenvalue weighted by atomic mass is 9.91. The maximum absolute atomic E-state index is 13.0. The predicted octanol–water partition coefficient (Wildman–Crippen LogP) is 4.44. The Bertz CT molecular complexity index is 898.